The van der Waals surface area contributed by atoms with Gasteiger partial charge in [0.05, 0.1) is 0 Å². The summed E-state index contributed by atoms with van der Waals surface area (Å²) in [6.45, 7) is 0. The molecule has 2 nitrogen and oxygen atoms in total. The molecule has 3 heteroatoms. The van der Waals surface area contributed by atoms with Crippen LogP contribution in [0.1, 0.15) is 89.9 Å². The number of hydrazine groups is 1. The normalized spacial score (nSPS) is 45.4. The van der Waals surface area contributed by atoms with E-state index < -0.39 is 0 Å². The second-order valence-corrected chi connectivity index (χ2v) is 10.0. The summed E-state index contributed by atoms with van der Waals surface area (Å²) in [6.07, 6.45) is 20.2. The van der Waals surface area contributed by atoms with Crippen LogP contribution in [0, 0.1) is 23.7 Å². The van der Waals surface area contributed by atoms with Crippen molar-refractivity contribution in [1.82, 2.24) is 10.9 Å². The van der Waals surface area contributed by atoms with Gasteiger partial charge in [0.1, 0.15) is 0 Å². The molecule has 0 radical (unpaired) electrons. The number of hydrogen-bond donors (Lipinski definition) is 3. The summed E-state index contributed by atoms with van der Waals surface area (Å²) in [5.41, 5.74) is 7.45. The smallest absolute Gasteiger partial charge is 0.0256 e. The standard InChI is InChI=1S/C21H38N2S/c24-21-12-5-4-11-18(21)16-9-6-10-17(13-16)20-14-19(22-23-20)15-7-2-1-3-8-15/h15-24H,1-14H2. The van der Waals surface area contributed by atoms with Crippen LogP contribution in [0.15, 0.2) is 0 Å². The fourth-order valence-corrected chi connectivity index (χ4v) is 7.05. The highest BCUT2D eigenvalue weighted by Gasteiger charge is 2.39. The zero-order valence-electron chi connectivity index (χ0n) is 15.4. The minimum atomic E-state index is 0.687. The Morgan fingerprint density at radius 3 is 1.96 bits per heavy atom. The van der Waals surface area contributed by atoms with Crippen LogP contribution in [0.5, 0.6) is 0 Å². The van der Waals surface area contributed by atoms with Crippen molar-refractivity contribution in [3.05, 3.63) is 0 Å². The quantitative estimate of drug-likeness (QED) is 0.617. The van der Waals surface area contributed by atoms with Gasteiger partial charge in [0, 0.05) is 17.3 Å². The van der Waals surface area contributed by atoms with Crippen LogP contribution in [0.4, 0.5) is 0 Å². The minimum Gasteiger partial charge on any atom is -0.254 e. The van der Waals surface area contributed by atoms with Gasteiger partial charge in [0.15, 0.2) is 0 Å². The number of thiol groups is 1. The zero-order chi connectivity index (χ0) is 16.4. The Bertz CT molecular complexity index is 395. The molecule has 138 valence electrons. The molecule has 1 aliphatic heterocycles. The van der Waals surface area contributed by atoms with Crippen molar-refractivity contribution >= 4 is 12.6 Å². The van der Waals surface area contributed by atoms with Gasteiger partial charge in [-0.3, -0.25) is 10.9 Å². The van der Waals surface area contributed by atoms with Crippen LogP contribution in [0.25, 0.3) is 0 Å². The molecule has 4 aliphatic rings. The molecular formula is C21H38N2S. The van der Waals surface area contributed by atoms with Gasteiger partial charge < -0.3 is 0 Å². The monoisotopic (exact) mass is 350 g/mol. The number of nitrogens with one attached hydrogen (secondary N) is 2. The Balaban J connectivity index is 1.31. The Kier molecular flexibility index (Phi) is 6.12. The van der Waals surface area contributed by atoms with Crippen LogP contribution < -0.4 is 10.9 Å². The van der Waals surface area contributed by atoms with Crippen LogP contribution >= 0.6 is 12.6 Å². The SMILES string of the molecule is SC1CCCCC1C1CCCC(C2CC(C3CCCCC3)NN2)C1. The molecule has 4 fully saturated rings. The zero-order valence-corrected chi connectivity index (χ0v) is 16.3. The van der Waals surface area contributed by atoms with Gasteiger partial charge in [-0.1, -0.05) is 44.9 Å². The summed E-state index contributed by atoms with van der Waals surface area (Å²) in [4.78, 5) is 0. The molecule has 3 aliphatic carbocycles. The van der Waals surface area contributed by atoms with Crippen molar-refractivity contribution in [1.29, 1.82) is 0 Å². The van der Waals surface area contributed by atoms with Gasteiger partial charge in [0.25, 0.3) is 0 Å². The van der Waals surface area contributed by atoms with Crippen LogP contribution in [0.2, 0.25) is 0 Å². The minimum absolute atomic E-state index is 0.687. The van der Waals surface area contributed by atoms with E-state index in [1.54, 1.807) is 0 Å². The molecule has 0 bridgehead atoms. The van der Waals surface area contributed by atoms with Gasteiger partial charge >= 0.3 is 0 Å². The predicted molar refractivity (Wildman–Crippen MR) is 105 cm³/mol. The molecule has 6 atom stereocenters. The lowest BCUT2D eigenvalue weighted by atomic mass is 9.68. The molecule has 2 N–H and O–H groups in total. The van der Waals surface area contributed by atoms with Crippen molar-refractivity contribution in [3.8, 4) is 0 Å². The molecule has 1 heterocycles. The fourth-order valence-electron chi connectivity index (χ4n) is 6.47. The average Bonchev–Trinajstić information content (AvgIpc) is 3.13. The highest BCUT2D eigenvalue weighted by atomic mass is 32.1. The molecule has 0 amide bonds. The first-order valence-corrected chi connectivity index (χ1v) is 11.5. The highest BCUT2D eigenvalue weighted by molar-refractivity contribution is 7.81. The highest BCUT2D eigenvalue weighted by Crippen LogP contribution is 2.44. The van der Waals surface area contributed by atoms with E-state index in [0.29, 0.717) is 5.25 Å². The van der Waals surface area contributed by atoms with Gasteiger partial charge in [-0.25, -0.2) is 0 Å². The van der Waals surface area contributed by atoms with Crippen molar-refractivity contribution in [2.45, 2.75) is 107 Å². The van der Waals surface area contributed by atoms with Gasteiger partial charge in [-0.2, -0.15) is 12.6 Å². The molecule has 3 saturated carbocycles. The Morgan fingerprint density at radius 1 is 0.542 bits per heavy atom. The predicted octanol–water partition coefficient (Wildman–Crippen LogP) is 5.10. The van der Waals surface area contributed by atoms with Crippen LogP contribution in [0.3, 0.4) is 0 Å². The summed E-state index contributed by atoms with van der Waals surface area (Å²) in [6, 6.07) is 1.49. The summed E-state index contributed by atoms with van der Waals surface area (Å²) in [7, 11) is 0. The first-order chi connectivity index (χ1) is 11.8. The molecule has 1 saturated heterocycles. The molecular weight excluding hydrogens is 312 g/mol. The third-order valence-corrected chi connectivity index (χ3v) is 8.53. The van der Waals surface area contributed by atoms with Gasteiger partial charge in [-0.15, -0.1) is 0 Å². The third kappa shape index (κ3) is 3.99. The summed E-state index contributed by atoms with van der Waals surface area (Å²) in [5, 5.41) is 0.687. The largest absolute Gasteiger partial charge is 0.254 e. The van der Waals surface area contributed by atoms with E-state index in [1.165, 1.54) is 89.9 Å². The first-order valence-electron chi connectivity index (χ1n) is 11.0. The van der Waals surface area contributed by atoms with Crippen molar-refractivity contribution in [2.75, 3.05) is 0 Å². The third-order valence-electron chi connectivity index (χ3n) is 7.89. The average molecular weight is 351 g/mol. The molecule has 0 aromatic heterocycles. The molecule has 0 aromatic carbocycles. The Labute approximate surface area is 154 Å². The second-order valence-electron chi connectivity index (χ2n) is 9.34. The van der Waals surface area contributed by atoms with Crippen LogP contribution in [-0.4, -0.2) is 17.3 Å². The lowest BCUT2D eigenvalue weighted by Gasteiger charge is -2.41. The van der Waals surface area contributed by atoms with Crippen molar-refractivity contribution < 1.29 is 0 Å². The van der Waals surface area contributed by atoms with E-state index in [9.17, 15) is 0 Å². The summed E-state index contributed by atoms with van der Waals surface area (Å²) < 4.78 is 0. The van der Waals surface area contributed by atoms with E-state index in [2.05, 4.69) is 10.9 Å². The van der Waals surface area contributed by atoms with E-state index in [0.717, 1.165) is 35.8 Å². The Hall–Kier alpha value is 0.270. The second kappa shape index (κ2) is 8.31. The molecule has 0 aromatic rings. The van der Waals surface area contributed by atoms with E-state index >= 15 is 0 Å². The van der Waals surface area contributed by atoms with E-state index in [1.807, 2.05) is 0 Å². The maximum atomic E-state index is 4.96. The lowest BCUT2D eigenvalue weighted by molar-refractivity contribution is 0.144. The number of rotatable bonds is 3. The molecule has 4 rings (SSSR count). The lowest BCUT2D eigenvalue weighted by Crippen LogP contribution is -2.41. The summed E-state index contributed by atoms with van der Waals surface area (Å²) >= 11 is 4.96. The van der Waals surface area contributed by atoms with Gasteiger partial charge in [-0.05, 0) is 68.6 Å². The topological polar surface area (TPSA) is 24.1 Å². The van der Waals surface area contributed by atoms with Crippen LogP contribution in [-0.2, 0) is 0 Å². The maximum Gasteiger partial charge on any atom is 0.0256 e. The molecule has 6 unspecified atom stereocenters. The molecule has 0 spiro atoms. The Morgan fingerprint density at radius 2 is 1.17 bits per heavy atom. The number of hydrogen-bond acceptors (Lipinski definition) is 3. The van der Waals surface area contributed by atoms with Gasteiger partial charge in [0.2, 0.25) is 0 Å². The van der Waals surface area contributed by atoms with E-state index in [4.69, 9.17) is 12.6 Å². The van der Waals surface area contributed by atoms with E-state index in [-0.39, 0.29) is 0 Å². The summed E-state index contributed by atoms with van der Waals surface area (Å²) in [5.74, 6) is 3.72. The van der Waals surface area contributed by atoms with Crippen molar-refractivity contribution in [2.24, 2.45) is 23.7 Å². The fraction of sp³-hybridized carbons (Fsp3) is 1.00. The van der Waals surface area contributed by atoms with Crippen molar-refractivity contribution in [3.63, 3.8) is 0 Å². The molecule has 24 heavy (non-hydrogen) atoms. The maximum absolute atomic E-state index is 4.96. The first kappa shape index (κ1) is 17.7.